The van der Waals surface area contributed by atoms with Gasteiger partial charge in [0.15, 0.2) is 5.13 Å². The van der Waals surface area contributed by atoms with Crippen LogP contribution in [0.15, 0.2) is 30.5 Å². The first-order chi connectivity index (χ1) is 12.5. The zero-order chi connectivity index (χ0) is 18.5. The van der Waals surface area contributed by atoms with Gasteiger partial charge in [-0.3, -0.25) is 15.0 Å². The maximum absolute atomic E-state index is 12.1. The molecule has 1 saturated heterocycles. The van der Waals surface area contributed by atoms with E-state index >= 15 is 0 Å². The topological polar surface area (TPSA) is 45.2 Å². The van der Waals surface area contributed by atoms with Gasteiger partial charge in [0, 0.05) is 39.8 Å². The predicted octanol–water partition coefficient (Wildman–Crippen LogP) is 5.48. The highest BCUT2D eigenvalue weighted by Gasteiger charge is 2.19. The first kappa shape index (κ1) is 19.4. The molecule has 1 aliphatic rings. The smallest absolute Gasteiger partial charge is 0.250 e. The van der Waals surface area contributed by atoms with E-state index < -0.39 is 0 Å². The number of benzene rings is 1. The van der Waals surface area contributed by atoms with Gasteiger partial charge in [0.1, 0.15) is 0 Å². The number of carbonyl (C=O) groups excluding carboxylic acids is 1. The molecule has 1 N–H and O–H groups in total. The number of hydrogen-bond donors (Lipinski definition) is 1. The van der Waals surface area contributed by atoms with Crippen LogP contribution in [0.25, 0.3) is 6.08 Å². The van der Waals surface area contributed by atoms with Crippen LogP contribution in [-0.2, 0) is 11.3 Å². The molecule has 2 aromatic rings. The summed E-state index contributed by atoms with van der Waals surface area (Å²) < 4.78 is 0. The van der Waals surface area contributed by atoms with Crippen LogP contribution in [-0.4, -0.2) is 28.4 Å². The van der Waals surface area contributed by atoms with Crippen molar-refractivity contribution in [3.05, 3.63) is 51.0 Å². The third kappa shape index (κ3) is 5.30. The van der Waals surface area contributed by atoms with Crippen LogP contribution in [0.1, 0.15) is 36.6 Å². The van der Waals surface area contributed by atoms with Crippen molar-refractivity contribution < 1.29 is 4.79 Å². The summed E-state index contributed by atoms with van der Waals surface area (Å²) >= 11 is 13.5. The highest BCUT2D eigenvalue weighted by molar-refractivity contribution is 7.15. The number of amides is 1. The number of rotatable bonds is 5. The number of likely N-dealkylation sites (tertiary alicyclic amines) is 1. The van der Waals surface area contributed by atoms with Gasteiger partial charge in [0.2, 0.25) is 5.91 Å². The van der Waals surface area contributed by atoms with Crippen LogP contribution >= 0.6 is 34.5 Å². The molecule has 3 rings (SSSR count). The molecule has 1 amide bonds. The quantitative estimate of drug-likeness (QED) is 0.665. The van der Waals surface area contributed by atoms with E-state index in [1.165, 1.54) is 41.6 Å². The van der Waals surface area contributed by atoms with Crippen molar-refractivity contribution >= 4 is 51.7 Å². The van der Waals surface area contributed by atoms with E-state index in [1.807, 2.05) is 6.20 Å². The van der Waals surface area contributed by atoms with Crippen LogP contribution in [0.5, 0.6) is 0 Å². The number of anilines is 1. The molecule has 26 heavy (non-hydrogen) atoms. The Morgan fingerprint density at radius 3 is 3.04 bits per heavy atom. The fraction of sp³-hybridized carbons (Fsp3) is 0.368. The lowest BCUT2D eigenvalue weighted by Gasteiger charge is -2.32. The molecule has 4 nitrogen and oxygen atoms in total. The second kappa shape index (κ2) is 9.00. The third-order valence-electron chi connectivity index (χ3n) is 4.46. The number of thiazole rings is 1. The Morgan fingerprint density at radius 1 is 1.42 bits per heavy atom. The lowest BCUT2D eigenvalue weighted by atomic mass is 10.0. The summed E-state index contributed by atoms with van der Waals surface area (Å²) in [6.45, 7) is 4.30. The Balaban J connectivity index is 1.56. The van der Waals surface area contributed by atoms with Crippen molar-refractivity contribution in [1.82, 2.24) is 9.88 Å². The average molecular weight is 410 g/mol. The summed E-state index contributed by atoms with van der Waals surface area (Å²) in [7, 11) is 0. The summed E-state index contributed by atoms with van der Waals surface area (Å²) in [6, 6.07) is 5.76. The number of halogens is 2. The van der Waals surface area contributed by atoms with Gasteiger partial charge in [0.25, 0.3) is 0 Å². The normalized spacial score (nSPS) is 18.3. The zero-order valence-electron chi connectivity index (χ0n) is 14.5. The molecule has 1 aromatic heterocycles. The maximum atomic E-state index is 12.1. The Bertz CT molecular complexity index is 806. The van der Waals surface area contributed by atoms with Crippen molar-refractivity contribution in [1.29, 1.82) is 0 Å². The fourth-order valence-electron chi connectivity index (χ4n) is 2.98. The number of nitrogens with one attached hydrogen (secondary N) is 1. The minimum absolute atomic E-state index is 0.233. The molecule has 0 saturated carbocycles. The summed E-state index contributed by atoms with van der Waals surface area (Å²) in [5, 5.41) is 4.49. The maximum Gasteiger partial charge on any atom is 0.250 e. The molecule has 138 valence electrons. The highest BCUT2D eigenvalue weighted by Crippen LogP contribution is 2.25. The van der Waals surface area contributed by atoms with E-state index in [0.29, 0.717) is 21.2 Å². The van der Waals surface area contributed by atoms with Gasteiger partial charge < -0.3 is 0 Å². The summed E-state index contributed by atoms with van der Waals surface area (Å²) in [5.74, 6) is -0.233. The van der Waals surface area contributed by atoms with Crippen LogP contribution < -0.4 is 5.32 Å². The van der Waals surface area contributed by atoms with Crippen molar-refractivity contribution in [2.75, 3.05) is 11.9 Å². The van der Waals surface area contributed by atoms with Crippen molar-refractivity contribution in [2.45, 2.75) is 38.8 Å². The minimum atomic E-state index is -0.233. The van der Waals surface area contributed by atoms with Gasteiger partial charge in [-0.25, -0.2) is 4.98 Å². The molecule has 0 radical (unpaired) electrons. The molecule has 1 fully saturated rings. The van der Waals surface area contributed by atoms with Crippen molar-refractivity contribution in [3.63, 3.8) is 0 Å². The standard InChI is InChI=1S/C19H21Cl2N3OS/c1-13-4-2-3-9-24(13)12-16-11-22-19(26-16)23-18(25)8-6-14-5-7-15(20)10-17(14)21/h5-8,10-11,13H,2-4,9,12H2,1H3,(H,22,23,25)/b8-6+. The predicted molar refractivity (Wildman–Crippen MR) is 110 cm³/mol. The molecule has 1 aromatic carbocycles. The fourth-order valence-corrected chi connectivity index (χ4v) is 4.29. The molecule has 1 unspecified atom stereocenters. The van der Waals surface area contributed by atoms with Crippen LogP contribution in [0.2, 0.25) is 10.0 Å². The lowest BCUT2D eigenvalue weighted by molar-refractivity contribution is -0.111. The Morgan fingerprint density at radius 2 is 2.27 bits per heavy atom. The van der Waals surface area contributed by atoms with Gasteiger partial charge in [0.05, 0.1) is 0 Å². The molecule has 2 heterocycles. The van der Waals surface area contributed by atoms with Crippen molar-refractivity contribution in [3.8, 4) is 0 Å². The molecule has 0 bridgehead atoms. The molecule has 7 heteroatoms. The highest BCUT2D eigenvalue weighted by atomic mass is 35.5. The number of carbonyl (C=O) groups is 1. The van der Waals surface area contributed by atoms with Gasteiger partial charge >= 0.3 is 0 Å². The summed E-state index contributed by atoms with van der Waals surface area (Å²) in [5.41, 5.74) is 0.741. The number of hydrogen-bond acceptors (Lipinski definition) is 4. The van der Waals surface area contributed by atoms with Crippen molar-refractivity contribution in [2.24, 2.45) is 0 Å². The van der Waals surface area contributed by atoms with Gasteiger partial charge in [-0.2, -0.15) is 0 Å². The molecule has 0 spiro atoms. The number of piperidine rings is 1. The number of nitrogens with zero attached hydrogens (tertiary/aromatic N) is 2. The summed E-state index contributed by atoms with van der Waals surface area (Å²) in [4.78, 5) is 20.1. The first-order valence-electron chi connectivity index (χ1n) is 8.64. The van der Waals surface area contributed by atoms with E-state index in [0.717, 1.165) is 18.7 Å². The van der Waals surface area contributed by atoms with E-state index in [2.05, 4.69) is 22.1 Å². The van der Waals surface area contributed by atoms with E-state index in [9.17, 15) is 4.79 Å². The molecule has 0 aliphatic carbocycles. The van der Waals surface area contributed by atoms with Gasteiger partial charge in [-0.1, -0.05) is 35.7 Å². The Labute approximate surface area is 167 Å². The largest absolute Gasteiger partial charge is 0.298 e. The molecule has 1 atom stereocenters. The third-order valence-corrected chi connectivity index (χ3v) is 5.92. The first-order valence-corrected chi connectivity index (χ1v) is 10.2. The van der Waals surface area contributed by atoms with Gasteiger partial charge in [-0.15, -0.1) is 11.3 Å². The van der Waals surface area contributed by atoms with Crippen LogP contribution in [0, 0.1) is 0 Å². The second-order valence-electron chi connectivity index (χ2n) is 6.44. The lowest BCUT2D eigenvalue weighted by Crippen LogP contribution is -2.36. The van der Waals surface area contributed by atoms with Gasteiger partial charge in [-0.05, 0) is 50.1 Å². The minimum Gasteiger partial charge on any atom is -0.298 e. The molecule has 1 aliphatic heterocycles. The second-order valence-corrected chi connectivity index (χ2v) is 8.39. The SMILES string of the molecule is CC1CCCCN1Cc1cnc(NC(=O)/C=C/c2ccc(Cl)cc2Cl)s1. The Hall–Kier alpha value is -1.40. The zero-order valence-corrected chi connectivity index (χ0v) is 16.9. The van der Waals surface area contributed by atoms with E-state index in [-0.39, 0.29) is 5.91 Å². The Kier molecular flexibility index (Phi) is 6.70. The summed E-state index contributed by atoms with van der Waals surface area (Å²) in [6.07, 6.45) is 8.78. The van der Waals surface area contributed by atoms with Crippen LogP contribution in [0.3, 0.4) is 0 Å². The monoisotopic (exact) mass is 409 g/mol. The molecular formula is C19H21Cl2N3OS. The van der Waals surface area contributed by atoms with E-state index in [1.54, 1.807) is 24.3 Å². The molecular weight excluding hydrogens is 389 g/mol. The average Bonchev–Trinajstić information content (AvgIpc) is 3.03. The van der Waals surface area contributed by atoms with Crippen LogP contribution in [0.4, 0.5) is 5.13 Å². The number of aromatic nitrogens is 1. The van der Waals surface area contributed by atoms with E-state index in [4.69, 9.17) is 23.2 Å².